The smallest absolute Gasteiger partial charge is 0.106 e. The van der Waals surface area contributed by atoms with Crippen LogP contribution in [0, 0.1) is 0 Å². The Kier molecular flexibility index (Phi) is 6.85. The van der Waals surface area contributed by atoms with Gasteiger partial charge in [0, 0.05) is 1.43 Å². The van der Waals surface area contributed by atoms with Crippen molar-refractivity contribution in [3.05, 3.63) is 48.0 Å². The number of rotatable bonds is 4. The predicted molar refractivity (Wildman–Crippen MR) is 68.6 cm³/mol. The Morgan fingerprint density at radius 3 is 2.27 bits per heavy atom. The van der Waals surface area contributed by atoms with Crippen molar-refractivity contribution in [3.63, 3.8) is 0 Å². The Hall–Kier alpha value is -1.67. The minimum Gasteiger partial charge on any atom is -0.330 e. The fourth-order valence-corrected chi connectivity index (χ4v) is 1.31. The molecule has 15 heavy (non-hydrogen) atoms. The molecule has 0 fully saturated rings. The number of benzene rings is 1. The summed E-state index contributed by atoms with van der Waals surface area (Å²) in [5, 5.41) is 0. The second-order valence-electron chi connectivity index (χ2n) is 2.91. The van der Waals surface area contributed by atoms with Crippen LogP contribution in [0.15, 0.2) is 31.4 Å². The van der Waals surface area contributed by atoms with Crippen molar-refractivity contribution in [2.24, 2.45) is 5.73 Å². The maximum absolute atomic E-state index is 8.00. The van der Waals surface area contributed by atoms with E-state index in [1.54, 1.807) is 0 Å². The van der Waals surface area contributed by atoms with Crippen LogP contribution in [-0.4, -0.2) is 13.3 Å². The third-order valence-corrected chi connectivity index (χ3v) is 2.02. The molecule has 0 aliphatic heterocycles. The summed E-state index contributed by atoms with van der Waals surface area (Å²) in [5.41, 5.74) is 8.98. The molecule has 1 aromatic carbocycles. The van der Waals surface area contributed by atoms with Crippen LogP contribution >= 0.6 is 0 Å². The van der Waals surface area contributed by atoms with Gasteiger partial charge in [-0.1, -0.05) is 43.5 Å². The summed E-state index contributed by atoms with van der Waals surface area (Å²) in [5.74, 6) is 0. The van der Waals surface area contributed by atoms with Crippen LogP contribution in [0.3, 0.4) is 0 Å². The molecule has 0 aromatic heterocycles. The lowest BCUT2D eigenvalue weighted by Gasteiger charge is -2.04. The second-order valence-corrected chi connectivity index (χ2v) is 2.91. The lowest BCUT2D eigenvalue weighted by Crippen LogP contribution is -2.02. The van der Waals surface area contributed by atoms with Crippen LogP contribution < -0.4 is 5.73 Å². The fourth-order valence-electron chi connectivity index (χ4n) is 1.31. The molecule has 0 heterocycles. The summed E-state index contributed by atoms with van der Waals surface area (Å²) < 4.78 is 0. The van der Waals surface area contributed by atoms with Crippen molar-refractivity contribution >= 4 is 18.9 Å². The molecular formula is C13H19NO. The summed E-state index contributed by atoms with van der Waals surface area (Å²) in [6, 6.07) is 6.24. The van der Waals surface area contributed by atoms with Crippen LogP contribution in [-0.2, 0) is 11.2 Å². The normalized spacial score (nSPS) is 8.60. The van der Waals surface area contributed by atoms with Gasteiger partial charge < -0.3 is 10.5 Å². The molecule has 2 nitrogen and oxygen atoms in total. The molecule has 0 aliphatic rings. The largest absolute Gasteiger partial charge is 0.330 e. The molecule has 0 radical (unpaired) electrons. The Balaban J connectivity index is 0. The van der Waals surface area contributed by atoms with Gasteiger partial charge in [-0.05, 0) is 29.7 Å². The van der Waals surface area contributed by atoms with Crippen molar-refractivity contribution in [3.8, 4) is 0 Å². The zero-order chi connectivity index (χ0) is 11.7. The summed E-state index contributed by atoms with van der Waals surface area (Å²) in [6.07, 6.45) is 4.60. The van der Waals surface area contributed by atoms with Crippen LogP contribution in [0.2, 0.25) is 0 Å². The van der Waals surface area contributed by atoms with Gasteiger partial charge in [0.25, 0.3) is 0 Å². The first kappa shape index (κ1) is 13.3. The quantitative estimate of drug-likeness (QED) is 0.820. The minimum absolute atomic E-state index is 0. The average Bonchev–Trinajstić information content (AvgIpc) is 2.32. The zero-order valence-corrected chi connectivity index (χ0v) is 8.91. The molecule has 2 heteroatoms. The molecule has 0 saturated heterocycles. The summed E-state index contributed by atoms with van der Waals surface area (Å²) >= 11 is 0. The molecule has 1 aromatic rings. The number of hydrogen-bond acceptors (Lipinski definition) is 2. The van der Waals surface area contributed by atoms with Crippen molar-refractivity contribution in [1.82, 2.24) is 0 Å². The fraction of sp³-hybridized carbons (Fsp3) is 0.154. The zero-order valence-electron chi connectivity index (χ0n) is 8.91. The van der Waals surface area contributed by atoms with E-state index in [2.05, 4.69) is 31.4 Å². The number of nitrogens with two attached hydrogens (primary N) is 1. The van der Waals surface area contributed by atoms with E-state index in [1.807, 2.05) is 18.9 Å². The topological polar surface area (TPSA) is 43.1 Å². The van der Waals surface area contributed by atoms with Crippen molar-refractivity contribution in [1.29, 1.82) is 0 Å². The first-order valence-electron chi connectivity index (χ1n) is 4.68. The number of carbonyl (C=O) groups excluding carboxylic acids is 1. The second kappa shape index (κ2) is 7.71. The summed E-state index contributed by atoms with van der Waals surface area (Å²) in [6.45, 7) is 10.2. The van der Waals surface area contributed by atoms with Gasteiger partial charge in [-0.3, -0.25) is 0 Å². The van der Waals surface area contributed by atoms with Gasteiger partial charge in [0.2, 0.25) is 0 Å². The minimum atomic E-state index is 0. The maximum atomic E-state index is 8.00. The van der Waals surface area contributed by atoms with Crippen LogP contribution in [0.25, 0.3) is 12.2 Å². The Morgan fingerprint density at radius 2 is 1.80 bits per heavy atom. The van der Waals surface area contributed by atoms with Gasteiger partial charge in [0.05, 0.1) is 0 Å². The molecule has 0 saturated carbocycles. The molecule has 2 N–H and O–H groups in total. The molecule has 1 rings (SSSR count). The monoisotopic (exact) mass is 205 g/mol. The van der Waals surface area contributed by atoms with E-state index >= 15 is 0 Å². The van der Waals surface area contributed by atoms with Crippen molar-refractivity contribution in [2.75, 3.05) is 6.54 Å². The molecular weight excluding hydrogens is 186 g/mol. The van der Waals surface area contributed by atoms with Gasteiger partial charge in [0.1, 0.15) is 6.79 Å². The highest BCUT2D eigenvalue weighted by Crippen LogP contribution is 2.14. The number of hydrogen-bond donors (Lipinski definition) is 1. The number of carbonyl (C=O) groups is 1. The summed E-state index contributed by atoms with van der Waals surface area (Å²) in [4.78, 5) is 8.00. The summed E-state index contributed by atoms with van der Waals surface area (Å²) in [7, 11) is 0. The molecule has 0 unspecified atom stereocenters. The molecule has 0 atom stereocenters. The van der Waals surface area contributed by atoms with E-state index in [-0.39, 0.29) is 1.43 Å². The van der Waals surface area contributed by atoms with E-state index in [0.29, 0.717) is 6.54 Å². The molecule has 82 valence electrons. The Labute approximate surface area is 92.6 Å². The van der Waals surface area contributed by atoms with Crippen LogP contribution in [0.5, 0.6) is 0 Å². The van der Waals surface area contributed by atoms with E-state index in [4.69, 9.17) is 10.5 Å². The lowest BCUT2D eigenvalue weighted by atomic mass is 10.0. The van der Waals surface area contributed by atoms with Crippen molar-refractivity contribution in [2.45, 2.75) is 6.42 Å². The van der Waals surface area contributed by atoms with Gasteiger partial charge in [-0.15, -0.1) is 0 Å². The molecule has 0 amide bonds. The first-order valence-corrected chi connectivity index (χ1v) is 4.68. The SMILES string of the molecule is C=Cc1ccc(CCN)cc1C=C.C=O.[HH]. The highest BCUT2D eigenvalue weighted by molar-refractivity contribution is 5.64. The highest BCUT2D eigenvalue weighted by atomic mass is 16.1. The first-order chi connectivity index (χ1) is 7.31. The van der Waals surface area contributed by atoms with E-state index < -0.39 is 0 Å². The average molecular weight is 205 g/mol. The Bertz CT molecular complexity index is 337. The van der Waals surface area contributed by atoms with Crippen LogP contribution in [0.4, 0.5) is 0 Å². The van der Waals surface area contributed by atoms with Gasteiger partial charge in [-0.25, -0.2) is 0 Å². The van der Waals surface area contributed by atoms with Gasteiger partial charge >= 0.3 is 0 Å². The Morgan fingerprint density at radius 1 is 1.20 bits per heavy atom. The van der Waals surface area contributed by atoms with E-state index in [9.17, 15) is 0 Å². The molecule has 0 bridgehead atoms. The molecule has 0 aliphatic carbocycles. The van der Waals surface area contributed by atoms with E-state index in [1.165, 1.54) is 5.56 Å². The maximum Gasteiger partial charge on any atom is 0.106 e. The predicted octanol–water partition coefficient (Wildman–Crippen LogP) is 2.53. The van der Waals surface area contributed by atoms with Gasteiger partial charge in [-0.2, -0.15) is 0 Å². The third kappa shape index (κ3) is 3.92. The third-order valence-electron chi connectivity index (χ3n) is 2.02. The standard InChI is InChI=1S/C12H15N.CH2O.H2/c1-3-11-6-5-10(7-8-13)9-12(11)4-2;1-2;/h3-6,9H,1-2,7-8,13H2;1H2;1H. The lowest BCUT2D eigenvalue weighted by molar-refractivity contribution is -0.0979. The highest BCUT2D eigenvalue weighted by Gasteiger charge is 1.97. The van der Waals surface area contributed by atoms with Crippen molar-refractivity contribution < 1.29 is 6.22 Å². The van der Waals surface area contributed by atoms with Gasteiger partial charge in [0.15, 0.2) is 0 Å². The van der Waals surface area contributed by atoms with E-state index in [0.717, 1.165) is 17.5 Å². The van der Waals surface area contributed by atoms with Crippen LogP contribution in [0.1, 0.15) is 18.1 Å². The molecule has 0 spiro atoms.